The zero-order valence-electron chi connectivity index (χ0n) is 8.01. The molecular formula is C9H12Cl3NO2. The van der Waals surface area contributed by atoms with Crippen molar-refractivity contribution < 1.29 is 9.47 Å². The molecule has 0 aliphatic carbocycles. The van der Waals surface area contributed by atoms with Crippen molar-refractivity contribution >= 4 is 40.7 Å². The van der Waals surface area contributed by atoms with Gasteiger partial charge in [0.2, 0.25) is 5.90 Å². The van der Waals surface area contributed by atoms with Gasteiger partial charge in [-0.05, 0) is 6.08 Å². The molecule has 0 aromatic rings. The maximum atomic E-state index is 7.19. The molecule has 0 aliphatic rings. The van der Waals surface area contributed by atoms with Gasteiger partial charge in [0.05, 0.1) is 13.2 Å². The summed E-state index contributed by atoms with van der Waals surface area (Å²) in [5.74, 6) is -0.399. The Bertz CT molecular complexity index is 236. The molecule has 0 radical (unpaired) electrons. The van der Waals surface area contributed by atoms with Gasteiger partial charge >= 0.3 is 0 Å². The van der Waals surface area contributed by atoms with E-state index in [1.165, 1.54) is 0 Å². The Morgan fingerprint density at radius 3 is 2.33 bits per heavy atom. The Kier molecular flexibility index (Phi) is 7.88. The SMILES string of the molecule is C=CCOC/C=C/COC(=N)C(Cl)(Cl)Cl. The number of hydrogen-bond donors (Lipinski definition) is 1. The number of hydrogen-bond acceptors (Lipinski definition) is 3. The summed E-state index contributed by atoms with van der Waals surface area (Å²) in [6.45, 7) is 4.62. The molecule has 0 unspecified atom stereocenters. The first-order valence-corrected chi connectivity index (χ1v) is 5.24. The van der Waals surface area contributed by atoms with Crippen LogP contribution in [0.4, 0.5) is 0 Å². The summed E-state index contributed by atoms with van der Waals surface area (Å²) in [7, 11) is 0. The Morgan fingerprint density at radius 1 is 1.20 bits per heavy atom. The predicted octanol–water partition coefficient (Wildman–Crippen LogP) is 3.11. The van der Waals surface area contributed by atoms with E-state index in [-0.39, 0.29) is 6.61 Å². The summed E-state index contributed by atoms with van der Waals surface area (Å²) in [6.07, 6.45) is 5.08. The molecule has 0 heterocycles. The van der Waals surface area contributed by atoms with Crippen LogP contribution in [0.1, 0.15) is 0 Å². The lowest BCUT2D eigenvalue weighted by Gasteiger charge is -2.11. The summed E-state index contributed by atoms with van der Waals surface area (Å²) in [5.41, 5.74) is 0. The van der Waals surface area contributed by atoms with Gasteiger partial charge < -0.3 is 9.47 Å². The fourth-order valence-corrected chi connectivity index (χ4v) is 0.732. The van der Waals surface area contributed by atoms with Crippen molar-refractivity contribution in [3.05, 3.63) is 24.8 Å². The lowest BCUT2D eigenvalue weighted by molar-refractivity contribution is 0.193. The van der Waals surface area contributed by atoms with E-state index >= 15 is 0 Å². The summed E-state index contributed by atoms with van der Waals surface area (Å²) in [6, 6.07) is 0. The van der Waals surface area contributed by atoms with Gasteiger partial charge in [0.15, 0.2) is 0 Å². The van der Waals surface area contributed by atoms with Gasteiger partial charge in [-0.2, -0.15) is 0 Å². The third kappa shape index (κ3) is 8.75. The van der Waals surface area contributed by atoms with Crippen LogP contribution in [0.15, 0.2) is 24.8 Å². The monoisotopic (exact) mass is 271 g/mol. The normalized spacial score (nSPS) is 11.7. The van der Waals surface area contributed by atoms with Crippen molar-refractivity contribution in [3.63, 3.8) is 0 Å². The molecule has 6 heteroatoms. The molecular weight excluding hydrogens is 260 g/mol. The van der Waals surface area contributed by atoms with Crippen molar-refractivity contribution in [2.75, 3.05) is 19.8 Å². The summed E-state index contributed by atoms with van der Waals surface area (Å²) in [5, 5.41) is 7.19. The maximum absolute atomic E-state index is 7.19. The molecule has 0 amide bonds. The van der Waals surface area contributed by atoms with Gasteiger partial charge in [-0.15, -0.1) is 6.58 Å². The van der Waals surface area contributed by atoms with E-state index in [0.29, 0.717) is 13.2 Å². The fraction of sp³-hybridized carbons (Fsp3) is 0.444. The molecule has 1 N–H and O–H groups in total. The first-order valence-electron chi connectivity index (χ1n) is 4.10. The Labute approximate surface area is 104 Å². The van der Waals surface area contributed by atoms with Crippen LogP contribution in [-0.4, -0.2) is 29.5 Å². The van der Waals surface area contributed by atoms with E-state index in [1.807, 2.05) is 0 Å². The van der Waals surface area contributed by atoms with Crippen molar-refractivity contribution in [3.8, 4) is 0 Å². The van der Waals surface area contributed by atoms with Crippen LogP contribution in [0.5, 0.6) is 0 Å². The zero-order chi connectivity index (χ0) is 11.7. The first kappa shape index (κ1) is 14.8. The van der Waals surface area contributed by atoms with Crippen molar-refractivity contribution in [2.45, 2.75) is 3.79 Å². The molecule has 0 saturated carbocycles. The Balaban J connectivity index is 3.53. The van der Waals surface area contributed by atoms with E-state index in [0.717, 1.165) is 0 Å². The van der Waals surface area contributed by atoms with Crippen LogP contribution < -0.4 is 0 Å². The zero-order valence-corrected chi connectivity index (χ0v) is 10.3. The van der Waals surface area contributed by atoms with Crippen LogP contribution in [0.3, 0.4) is 0 Å². The molecule has 0 bridgehead atoms. The third-order valence-corrected chi connectivity index (χ3v) is 1.71. The largest absolute Gasteiger partial charge is 0.474 e. The number of alkyl halides is 3. The highest BCUT2D eigenvalue weighted by atomic mass is 35.6. The molecule has 0 saturated heterocycles. The Hall–Kier alpha value is -0.220. The van der Waals surface area contributed by atoms with Crippen LogP contribution in [0, 0.1) is 5.41 Å². The molecule has 0 spiro atoms. The van der Waals surface area contributed by atoms with Crippen LogP contribution in [0.2, 0.25) is 0 Å². The maximum Gasteiger partial charge on any atom is 0.265 e. The summed E-state index contributed by atoms with van der Waals surface area (Å²) in [4.78, 5) is 0. The molecule has 0 atom stereocenters. The average Bonchev–Trinajstić information content (AvgIpc) is 2.14. The molecule has 0 fully saturated rings. The average molecular weight is 273 g/mol. The van der Waals surface area contributed by atoms with E-state index in [9.17, 15) is 0 Å². The molecule has 0 aromatic carbocycles. The van der Waals surface area contributed by atoms with E-state index in [1.54, 1.807) is 18.2 Å². The van der Waals surface area contributed by atoms with E-state index < -0.39 is 9.69 Å². The highest BCUT2D eigenvalue weighted by molar-refractivity contribution is 6.76. The van der Waals surface area contributed by atoms with E-state index in [4.69, 9.17) is 49.7 Å². The minimum absolute atomic E-state index is 0.171. The number of ether oxygens (including phenoxy) is 2. The van der Waals surface area contributed by atoms with Crippen LogP contribution >= 0.6 is 34.8 Å². The van der Waals surface area contributed by atoms with Gasteiger partial charge in [0, 0.05) is 0 Å². The number of rotatable bonds is 6. The standard InChI is InChI=1S/C9H12Cl3NO2/c1-2-5-14-6-3-4-7-15-8(13)9(10,11)12/h2-4,13H,1,5-7H2/b4-3+,13-8?. The molecule has 0 rings (SSSR count). The molecule has 86 valence electrons. The summed E-state index contributed by atoms with van der Waals surface area (Å²) < 4.78 is 8.10. The molecule has 3 nitrogen and oxygen atoms in total. The minimum atomic E-state index is -1.80. The highest BCUT2D eigenvalue weighted by Gasteiger charge is 2.28. The number of nitrogens with one attached hydrogen (secondary N) is 1. The second-order valence-electron chi connectivity index (χ2n) is 2.44. The summed E-state index contributed by atoms with van der Waals surface area (Å²) >= 11 is 16.2. The molecule has 0 aromatic heterocycles. The predicted molar refractivity (Wildman–Crippen MR) is 64.1 cm³/mol. The van der Waals surface area contributed by atoms with Gasteiger partial charge in [-0.25, -0.2) is 0 Å². The minimum Gasteiger partial charge on any atom is -0.474 e. The van der Waals surface area contributed by atoms with Crippen LogP contribution in [-0.2, 0) is 9.47 Å². The number of halogens is 3. The van der Waals surface area contributed by atoms with E-state index in [2.05, 4.69) is 6.58 Å². The second kappa shape index (κ2) is 7.99. The lowest BCUT2D eigenvalue weighted by Crippen LogP contribution is -2.21. The second-order valence-corrected chi connectivity index (χ2v) is 4.72. The van der Waals surface area contributed by atoms with Crippen LogP contribution in [0.25, 0.3) is 0 Å². The fourth-order valence-electron chi connectivity index (χ4n) is 0.569. The van der Waals surface area contributed by atoms with Gasteiger partial charge in [0.25, 0.3) is 3.79 Å². The first-order chi connectivity index (χ1) is 6.98. The Morgan fingerprint density at radius 2 is 1.80 bits per heavy atom. The van der Waals surface area contributed by atoms with Crippen molar-refractivity contribution in [1.29, 1.82) is 5.41 Å². The van der Waals surface area contributed by atoms with Crippen molar-refractivity contribution in [1.82, 2.24) is 0 Å². The molecule has 15 heavy (non-hydrogen) atoms. The lowest BCUT2D eigenvalue weighted by atomic mass is 10.5. The molecule has 0 aliphatic heterocycles. The van der Waals surface area contributed by atoms with Gasteiger partial charge in [-0.1, -0.05) is 47.0 Å². The van der Waals surface area contributed by atoms with Gasteiger partial charge in [-0.3, -0.25) is 5.41 Å². The highest BCUT2D eigenvalue weighted by Crippen LogP contribution is 2.27. The third-order valence-electron chi connectivity index (χ3n) is 1.20. The quantitative estimate of drug-likeness (QED) is 0.265. The van der Waals surface area contributed by atoms with Crippen molar-refractivity contribution in [2.24, 2.45) is 0 Å². The topological polar surface area (TPSA) is 42.3 Å². The smallest absolute Gasteiger partial charge is 0.265 e. The van der Waals surface area contributed by atoms with Gasteiger partial charge in [0.1, 0.15) is 6.61 Å².